The second-order valence-corrected chi connectivity index (χ2v) is 6.68. The Balaban J connectivity index is 2.54. The average Bonchev–Trinajstić information content (AvgIpc) is 2.45. The molecule has 1 aromatic heterocycles. The van der Waals surface area contributed by atoms with Crippen molar-refractivity contribution in [1.82, 2.24) is 9.44 Å². The smallest absolute Gasteiger partial charge is 0.200 e. The molecule has 0 aromatic carbocycles. The van der Waals surface area contributed by atoms with E-state index in [4.69, 9.17) is 0 Å². The molecule has 86 valence electrons. The van der Waals surface area contributed by atoms with Crippen molar-refractivity contribution < 1.29 is 8.42 Å². The van der Waals surface area contributed by atoms with E-state index in [1.165, 1.54) is 11.3 Å². The fraction of sp³-hybridized carbons (Fsp3) is 0.500. The minimum atomic E-state index is -3.39. The molecule has 0 radical (unpaired) electrons. The van der Waals surface area contributed by atoms with Crippen LogP contribution in [0, 0.1) is 0 Å². The summed E-state index contributed by atoms with van der Waals surface area (Å²) in [5.74, 6) is 0. The van der Waals surface area contributed by atoms with E-state index in [2.05, 4.69) is 25.4 Å². The summed E-state index contributed by atoms with van der Waals surface area (Å²) in [6, 6.07) is 1.79. The molecule has 0 saturated carbocycles. The Morgan fingerprint density at radius 1 is 1.53 bits per heavy atom. The molecule has 15 heavy (non-hydrogen) atoms. The third-order valence-electron chi connectivity index (χ3n) is 1.50. The van der Waals surface area contributed by atoms with E-state index in [1.807, 2.05) is 11.4 Å². The molecule has 1 heterocycles. The molecule has 0 amide bonds. The van der Waals surface area contributed by atoms with Gasteiger partial charge in [-0.15, -0.1) is 11.3 Å². The molecule has 1 rings (SSSR count). The Hall–Kier alpha value is 0.0500. The molecule has 7 heteroatoms. The van der Waals surface area contributed by atoms with Gasteiger partial charge in [-0.2, -0.15) is 17.9 Å². The van der Waals surface area contributed by atoms with Gasteiger partial charge in [0.05, 0.1) is 0 Å². The summed E-state index contributed by atoms with van der Waals surface area (Å²) in [7, 11) is -3.39. The molecular weight excluding hydrogens is 300 g/mol. The van der Waals surface area contributed by atoms with Gasteiger partial charge in [0.2, 0.25) is 0 Å². The zero-order valence-corrected chi connectivity index (χ0v) is 11.7. The fourth-order valence-corrected chi connectivity index (χ4v) is 3.53. The fourth-order valence-electron chi connectivity index (χ4n) is 0.964. The first-order valence-electron chi connectivity index (χ1n) is 4.39. The van der Waals surface area contributed by atoms with E-state index in [-0.39, 0.29) is 6.04 Å². The maximum Gasteiger partial charge on any atom is 0.277 e. The van der Waals surface area contributed by atoms with Crippen molar-refractivity contribution in [3.63, 3.8) is 0 Å². The van der Waals surface area contributed by atoms with Gasteiger partial charge >= 0.3 is 0 Å². The lowest BCUT2D eigenvalue weighted by molar-refractivity contribution is 0.555. The number of rotatable bonds is 5. The highest BCUT2D eigenvalue weighted by atomic mass is 79.9. The molecule has 0 fully saturated rings. The standard InChI is InChI=1S/C8H13BrN2O2S2/c1-6(2)11-15(12,13)10-5-8-7(9)3-4-14-8/h3-4,6,10-11H,5H2,1-2H3. The van der Waals surface area contributed by atoms with Crippen molar-refractivity contribution in [2.75, 3.05) is 0 Å². The van der Waals surface area contributed by atoms with Crippen LogP contribution in [0.3, 0.4) is 0 Å². The Labute approximate surface area is 102 Å². The van der Waals surface area contributed by atoms with Crippen LogP contribution in [0.15, 0.2) is 15.9 Å². The summed E-state index contributed by atoms with van der Waals surface area (Å²) >= 11 is 4.85. The lowest BCUT2D eigenvalue weighted by Crippen LogP contribution is -2.39. The van der Waals surface area contributed by atoms with Gasteiger partial charge in [0.1, 0.15) is 0 Å². The van der Waals surface area contributed by atoms with Crippen LogP contribution in [-0.4, -0.2) is 14.5 Å². The molecular formula is C8H13BrN2O2S2. The lowest BCUT2D eigenvalue weighted by Gasteiger charge is -2.09. The van der Waals surface area contributed by atoms with Crippen LogP contribution in [0.2, 0.25) is 0 Å². The van der Waals surface area contributed by atoms with Crippen LogP contribution in [0.5, 0.6) is 0 Å². The van der Waals surface area contributed by atoms with Crippen molar-refractivity contribution in [1.29, 1.82) is 0 Å². The summed E-state index contributed by atoms with van der Waals surface area (Å²) in [6.07, 6.45) is 0. The van der Waals surface area contributed by atoms with E-state index in [0.29, 0.717) is 6.54 Å². The minimum absolute atomic E-state index is 0.103. The van der Waals surface area contributed by atoms with Crippen LogP contribution >= 0.6 is 27.3 Å². The molecule has 0 atom stereocenters. The summed E-state index contributed by atoms with van der Waals surface area (Å²) in [5, 5.41) is 1.91. The maximum absolute atomic E-state index is 11.4. The van der Waals surface area contributed by atoms with Crippen LogP contribution in [0.1, 0.15) is 18.7 Å². The first kappa shape index (κ1) is 13.1. The SMILES string of the molecule is CC(C)NS(=O)(=O)NCc1sccc1Br. The minimum Gasteiger partial charge on any atom is -0.200 e. The molecule has 0 unspecified atom stereocenters. The molecule has 4 nitrogen and oxygen atoms in total. The van der Waals surface area contributed by atoms with Crippen LogP contribution < -0.4 is 9.44 Å². The quantitative estimate of drug-likeness (QED) is 0.871. The summed E-state index contributed by atoms with van der Waals surface area (Å²) in [5.41, 5.74) is 0. The first-order valence-corrected chi connectivity index (χ1v) is 7.55. The van der Waals surface area contributed by atoms with Gasteiger partial charge in [-0.05, 0) is 41.2 Å². The van der Waals surface area contributed by atoms with Gasteiger partial charge in [-0.3, -0.25) is 0 Å². The maximum atomic E-state index is 11.4. The van der Waals surface area contributed by atoms with Crippen molar-refractivity contribution in [3.8, 4) is 0 Å². The number of hydrogen-bond donors (Lipinski definition) is 2. The number of halogens is 1. The van der Waals surface area contributed by atoms with Gasteiger partial charge in [0.25, 0.3) is 10.2 Å². The molecule has 0 aliphatic heterocycles. The predicted molar refractivity (Wildman–Crippen MR) is 66.1 cm³/mol. The topological polar surface area (TPSA) is 58.2 Å². The third kappa shape index (κ3) is 4.60. The molecule has 0 aliphatic rings. The third-order valence-corrected chi connectivity index (χ3v) is 4.74. The zero-order chi connectivity index (χ0) is 11.5. The van der Waals surface area contributed by atoms with Crippen LogP contribution in [0.4, 0.5) is 0 Å². The average molecular weight is 313 g/mol. The molecule has 0 bridgehead atoms. The summed E-state index contributed by atoms with van der Waals surface area (Å²) in [6.45, 7) is 3.86. The van der Waals surface area contributed by atoms with Gasteiger partial charge in [-0.1, -0.05) is 0 Å². The highest BCUT2D eigenvalue weighted by molar-refractivity contribution is 9.10. The van der Waals surface area contributed by atoms with E-state index in [1.54, 1.807) is 13.8 Å². The Morgan fingerprint density at radius 3 is 2.67 bits per heavy atom. The van der Waals surface area contributed by atoms with Crippen molar-refractivity contribution in [2.45, 2.75) is 26.4 Å². The van der Waals surface area contributed by atoms with E-state index < -0.39 is 10.2 Å². The molecule has 1 aromatic rings. The van der Waals surface area contributed by atoms with Gasteiger partial charge in [-0.25, -0.2) is 0 Å². The molecule has 0 saturated heterocycles. The van der Waals surface area contributed by atoms with Crippen molar-refractivity contribution in [2.24, 2.45) is 0 Å². The van der Waals surface area contributed by atoms with Gasteiger partial charge in [0, 0.05) is 21.9 Å². The van der Waals surface area contributed by atoms with Crippen molar-refractivity contribution >= 4 is 37.5 Å². The zero-order valence-electron chi connectivity index (χ0n) is 8.45. The van der Waals surface area contributed by atoms with E-state index in [9.17, 15) is 8.42 Å². The normalized spacial score (nSPS) is 12.3. The molecule has 0 spiro atoms. The molecule has 0 aliphatic carbocycles. The number of nitrogens with one attached hydrogen (secondary N) is 2. The summed E-state index contributed by atoms with van der Waals surface area (Å²) in [4.78, 5) is 0.962. The number of thiophene rings is 1. The molecule has 2 N–H and O–H groups in total. The highest BCUT2D eigenvalue weighted by Gasteiger charge is 2.11. The van der Waals surface area contributed by atoms with Crippen molar-refractivity contribution in [3.05, 3.63) is 20.8 Å². The van der Waals surface area contributed by atoms with Gasteiger partial charge in [0.15, 0.2) is 0 Å². The van der Waals surface area contributed by atoms with Gasteiger partial charge < -0.3 is 0 Å². The van der Waals surface area contributed by atoms with Crippen LogP contribution in [0.25, 0.3) is 0 Å². The second-order valence-electron chi connectivity index (χ2n) is 3.29. The first-order chi connectivity index (χ1) is 6.91. The monoisotopic (exact) mass is 312 g/mol. The van der Waals surface area contributed by atoms with Crippen LogP contribution in [-0.2, 0) is 16.8 Å². The Morgan fingerprint density at radius 2 is 2.20 bits per heavy atom. The highest BCUT2D eigenvalue weighted by Crippen LogP contribution is 2.22. The largest absolute Gasteiger partial charge is 0.277 e. The Bertz CT molecular complexity index is 414. The number of hydrogen-bond acceptors (Lipinski definition) is 3. The van der Waals surface area contributed by atoms with E-state index >= 15 is 0 Å². The second kappa shape index (κ2) is 5.40. The Kier molecular flexibility index (Phi) is 4.72. The predicted octanol–water partition coefficient (Wildman–Crippen LogP) is 1.84. The lowest BCUT2D eigenvalue weighted by atomic mass is 10.4. The summed E-state index contributed by atoms with van der Waals surface area (Å²) < 4.78 is 28.7. The van der Waals surface area contributed by atoms with E-state index in [0.717, 1.165) is 9.35 Å².